The van der Waals surface area contributed by atoms with Gasteiger partial charge in [-0.1, -0.05) is 19.1 Å². The number of amides is 1. The fraction of sp³-hybridized carbons (Fsp3) is 0.211. The Kier molecular flexibility index (Phi) is 4.15. The molecule has 1 heterocycles. The number of benzene rings is 2. The van der Waals surface area contributed by atoms with Crippen molar-refractivity contribution in [1.29, 1.82) is 0 Å². The molecule has 0 fully saturated rings. The monoisotopic (exact) mass is 310 g/mol. The second kappa shape index (κ2) is 6.24. The Morgan fingerprint density at radius 1 is 1.17 bits per heavy atom. The van der Waals surface area contributed by atoms with Crippen molar-refractivity contribution in [3.63, 3.8) is 0 Å². The Balaban J connectivity index is 1.79. The molecule has 0 atom stereocenters. The zero-order valence-electron chi connectivity index (χ0n) is 13.2. The maximum Gasteiger partial charge on any atom is 0.228 e. The molecule has 1 aromatic heterocycles. The molecule has 0 radical (unpaired) electrons. The predicted molar refractivity (Wildman–Crippen MR) is 91.1 cm³/mol. The van der Waals surface area contributed by atoms with Crippen LogP contribution in [0.4, 0.5) is 10.1 Å². The summed E-state index contributed by atoms with van der Waals surface area (Å²) in [6.07, 6.45) is 1.18. The highest BCUT2D eigenvalue weighted by atomic mass is 19.1. The summed E-state index contributed by atoms with van der Waals surface area (Å²) >= 11 is 0. The molecule has 3 nitrogen and oxygen atoms in total. The van der Waals surface area contributed by atoms with Gasteiger partial charge < -0.3 is 10.3 Å². The second-order valence-electron chi connectivity index (χ2n) is 5.69. The van der Waals surface area contributed by atoms with Crippen LogP contribution in [0.3, 0.4) is 0 Å². The number of fused-ring (bicyclic) bond motifs is 1. The van der Waals surface area contributed by atoms with Crippen LogP contribution in [0.5, 0.6) is 0 Å². The summed E-state index contributed by atoms with van der Waals surface area (Å²) in [4.78, 5) is 15.5. The molecule has 0 unspecified atom stereocenters. The summed E-state index contributed by atoms with van der Waals surface area (Å²) in [6.45, 7) is 3.99. The minimum absolute atomic E-state index is 0.109. The molecule has 2 aromatic carbocycles. The van der Waals surface area contributed by atoms with Gasteiger partial charge in [-0.2, -0.15) is 0 Å². The van der Waals surface area contributed by atoms with Gasteiger partial charge in [-0.3, -0.25) is 4.79 Å². The minimum atomic E-state index is -0.298. The Bertz CT molecular complexity index is 850. The molecule has 23 heavy (non-hydrogen) atoms. The molecule has 0 spiro atoms. The molecule has 0 saturated carbocycles. The molecule has 0 saturated heterocycles. The maximum absolute atomic E-state index is 13.5. The van der Waals surface area contributed by atoms with Crippen molar-refractivity contribution in [2.24, 2.45) is 0 Å². The molecule has 2 N–H and O–H groups in total. The van der Waals surface area contributed by atoms with E-state index >= 15 is 0 Å². The van der Waals surface area contributed by atoms with Crippen LogP contribution in [0.15, 0.2) is 42.5 Å². The van der Waals surface area contributed by atoms with Crippen molar-refractivity contribution in [3.8, 4) is 0 Å². The Morgan fingerprint density at radius 3 is 2.61 bits per heavy atom. The second-order valence-corrected chi connectivity index (χ2v) is 5.69. The lowest BCUT2D eigenvalue weighted by Crippen LogP contribution is -2.14. The number of aryl methyl sites for hydroxylation is 2. The summed E-state index contributed by atoms with van der Waals surface area (Å²) in [6, 6.07) is 12.4. The Labute approximate surface area is 134 Å². The molecular weight excluding hydrogens is 291 g/mol. The average Bonchev–Trinajstić information content (AvgIpc) is 2.84. The quantitative estimate of drug-likeness (QED) is 0.739. The summed E-state index contributed by atoms with van der Waals surface area (Å²) in [5, 5.41) is 3.65. The number of aromatic amines is 1. The van der Waals surface area contributed by atoms with E-state index in [4.69, 9.17) is 0 Å². The third-order valence-corrected chi connectivity index (χ3v) is 4.06. The van der Waals surface area contributed by atoms with E-state index < -0.39 is 0 Å². The number of rotatable bonds is 4. The number of anilines is 1. The van der Waals surface area contributed by atoms with Crippen LogP contribution < -0.4 is 5.32 Å². The predicted octanol–water partition coefficient (Wildman–Crippen LogP) is 4.36. The van der Waals surface area contributed by atoms with Crippen LogP contribution in [0.2, 0.25) is 0 Å². The number of hydrogen-bond donors (Lipinski definition) is 2. The van der Waals surface area contributed by atoms with Crippen LogP contribution in [-0.2, 0) is 17.6 Å². The first-order valence-corrected chi connectivity index (χ1v) is 7.72. The lowest BCUT2D eigenvalue weighted by Gasteiger charge is -2.06. The van der Waals surface area contributed by atoms with Crippen molar-refractivity contribution >= 4 is 22.5 Å². The number of H-pyrrole nitrogens is 1. The van der Waals surface area contributed by atoms with Crippen molar-refractivity contribution in [2.45, 2.75) is 26.7 Å². The van der Waals surface area contributed by atoms with E-state index in [1.807, 2.05) is 31.2 Å². The molecule has 0 bridgehead atoms. The largest absolute Gasteiger partial charge is 0.358 e. The molecule has 1 amide bonds. The number of carbonyl (C=O) groups is 1. The zero-order valence-corrected chi connectivity index (χ0v) is 13.2. The minimum Gasteiger partial charge on any atom is -0.358 e. The molecule has 0 aliphatic carbocycles. The van der Waals surface area contributed by atoms with Gasteiger partial charge in [0.25, 0.3) is 0 Å². The van der Waals surface area contributed by atoms with Gasteiger partial charge in [0.15, 0.2) is 0 Å². The number of halogens is 1. The lowest BCUT2D eigenvalue weighted by molar-refractivity contribution is -0.115. The molecule has 118 valence electrons. The topological polar surface area (TPSA) is 44.9 Å². The van der Waals surface area contributed by atoms with Crippen molar-refractivity contribution in [3.05, 3.63) is 65.1 Å². The smallest absolute Gasteiger partial charge is 0.228 e. The van der Waals surface area contributed by atoms with Gasteiger partial charge in [0.05, 0.1) is 6.42 Å². The first kappa shape index (κ1) is 15.3. The number of aromatic nitrogens is 1. The van der Waals surface area contributed by atoms with E-state index in [-0.39, 0.29) is 18.1 Å². The standard InChI is InChI=1S/C19H19FN2O/c1-3-13-4-7-15(8-5-13)22-19(23)11-16-12(2)21-18-9-6-14(20)10-17(16)18/h4-10,21H,3,11H2,1-2H3,(H,22,23). The molecule has 3 aromatic rings. The number of nitrogens with one attached hydrogen (secondary N) is 2. The highest BCUT2D eigenvalue weighted by Gasteiger charge is 2.13. The summed E-state index contributed by atoms with van der Waals surface area (Å²) in [7, 11) is 0. The Hall–Kier alpha value is -2.62. The van der Waals surface area contributed by atoms with Gasteiger partial charge in [-0.15, -0.1) is 0 Å². The van der Waals surface area contributed by atoms with Crippen LogP contribution in [-0.4, -0.2) is 10.9 Å². The highest BCUT2D eigenvalue weighted by Crippen LogP contribution is 2.24. The first-order chi connectivity index (χ1) is 11.1. The van der Waals surface area contributed by atoms with Gasteiger partial charge in [-0.05, 0) is 54.8 Å². The van der Waals surface area contributed by atoms with E-state index in [9.17, 15) is 9.18 Å². The molecule has 0 aliphatic rings. The van der Waals surface area contributed by atoms with Crippen LogP contribution in [0.1, 0.15) is 23.7 Å². The Morgan fingerprint density at radius 2 is 1.91 bits per heavy atom. The molecule has 3 rings (SSSR count). The molecule has 4 heteroatoms. The van der Waals surface area contributed by atoms with Crippen LogP contribution in [0.25, 0.3) is 10.9 Å². The normalized spacial score (nSPS) is 10.9. The van der Waals surface area contributed by atoms with Crippen molar-refractivity contribution < 1.29 is 9.18 Å². The van der Waals surface area contributed by atoms with Crippen LogP contribution in [0, 0.1) is 12.7 Å². The molecular formula is C19H19FN2O. The van der Waals surface area contributed by atoms with Gasteiger partial charge in [0, 0.05) is 22.3 Å². The molecule has 0 aliphatic heterocycles. The number of carbonyl (C=O) groups excluding carboxylic acids is 1. The summed E-state index contributed by atoms with van der Waals surface area (Å²) in [5.41, 5.74) is 4.57. The van der Waals surface area contributed by atoms with E-state index in [1.165, 1.54) is 17.7 Å². The zero-order chi connectivity index (χ0) is 16.4. The highest BCUT2D eigenvalue weighted by molar-refractivity contribution is 5.96. The lowest BCUT2D eigenvalue weighted by atomic mass is 10.1. The van der Waals surface area contributed by atoms with Gasteiger partial charge >= 0.3 is 0 Å². The average molecular weight is 310 g/mol. The van der Waals surface area contributed by atoms with Crippen molar-refractivity contribution in [1.82, 2.24) is 4.98 Å². The third-order valence-electron chi connectivity index (χ3n) is 4.06. The first-order valence-electron chi connectivity index (χ1n) is 7.72. The van der Waals surface area contributed by atoms with E-state index in [2.05, 4.69) is 17.2 Å². The van der Waals surface area contributed by atoms with E-state index in [0.29, 0.717) is 0 Å². The van der Waals surface area contributed by atoms with E-state index in [0.717, 1.165) is 34.3 Å². The van der Waals surface area contributed by atoms with Crippen molar-refractivity contribution in [2.75, 3.05) is 5.32 Å². The van der Waals surface area contributed by atoms with E-state index in [1.54, 1.807) is 6.07 Å². The SMILES string of the molecule is CCc1ccc(NC(=O)Cc2c(C)[nH]c3ccc(F)cc23)cc1. The van der Waals surface area contributed by atoms with Gasteiger partial charge in [-0.25, -0.2) is 4.39 Å². The fourth-order valence-electron chi connectivity index (χ4n) is 2.77. The summed E-state index contributed by atoms with van der Waals surface area (Å²) in [5.74, 6) is -0.407. The van der Waals surface area contributed by atoms with Crippen LogP contribution >= 0.6 is 0 Å². The van der Waals surface area contributed by atoms with Gasteiger partial charge in [0.2, 0.25) is 5.91 Å². The maximum atomic E-state index is 13.5. The van der Waals surface area contributed by atoms with Gasteiger partial charge in [0.1, 0.15) is 5.82 Å². The fourth-order valence-corrected chi connectivity index (χ4v) is 2.77. The summed E-state index contributed by atoms with van der Waals surface area (Å²) < 4.78 is 13.5. The third kappa shape index (κ3) is 3.26. The number of hydrogen-bond acceptors (Lipinski definition) is 1.